The maximum atomic E-state index is 6.56. The fraction of sp³-hybridized carbons (Fsp3) is 0.119. The molecule has 0 aliphatic carbocycles. The minimum absolute atomic E-state index is 0.345. The minimum atomic E-state index is 0.345. The van der Waals surface area contributed by atoms with E-state index in [1.54, 1.807) is 6.08 Å². The number of ether oxygens (including phenoxy) is 3. The van der Waals surface area contributed by atoms with Crippen molar-refractivity contribution < 1.29 is 14.2 Å². The Hall–Kier alpha value is -7.36. The summed E-state index contributed by atoms with van der Waals surface area (Å²) in [6, 6.07) is 53.0. The third kappa shape index (κ3) is 13.3. The van der Waals surface area contributed by atoms with Crippen LogP contribution in [0, 0.1) is 27.7 Å². The molecule has 7 aromatic carbocycles. The van der Waals surface area contributed by atoms with Crippen molar-refractivity contribution in [3.8, 4) is 17.2 Å². The molecule has 0 aromatic heterocycles. The highest BCUT2D eigenvalue weighted by Gasteiger charge is 2.08. The second-order valence-electron chi connectivity index (χ2n) is 15.8. The molecule has 0 bridgehead atoms. The lowest BCUT2D eigenvalue weighted by atomic mass is 10.1. The summed E-state index contributed by atoms with van der Waals surface area (Å²) in [5, 5.41) is 0. The quantitative estimate of drug-likeness (QED) is 0.0677. The van der Waals surface area contributed by atoms with Crippen LogP contribution in [0.4, 0.5) is 0 Å². The molecule has 62 heavy (non-hydrogen) atoms. The molecule has 0 heterocycles. The Labute approximate surface area is 368 Å². The van der Waals surface area contributed by atoms with Crippen LogP contribution in [0.5, 0.6) is 17.2 Å². The summed E-state index contributed by atoms with van der Waals surface area (Å²) in [6.45, 7) is 13.4. The van der Waals surface area contributed by atoms with Crippen molar-refractivity contribution >= 4 is 48.6 Å². The van der Waals surface area contributed by atoms with Crippen molar-refractivity contribution in [1.82, 2.24) is 0 Å². The highest BCUT2D eigenvalue weighted by molar-refractivity contribution is 5.77. The molecule has 7 aromatic rings. The molecule has 0 N–H and O–H groups in total. The van der Waals surface area contributed by atoms with Crippen LogP contribution in [0.25, 0.3) is 48.6 Å². The topological polar surface area (TPSA) is 27.7 Å². The molecule has 0 saturated heterocycles. The van der Waals surface area contributed by atoms with E-state index in [9.17, 15) is 0 Å². The van der Waals surface area contributed by atoms with Crippen LogP contribution in [-0.4, -0.2) is 6.61 Å². The maximum absolute atomic E-state index is 6.56. The van der Waals surface area contributed by atoms with Crippen molar-refractivity contribution in [3.05, 3.63) is 242 Å². The molecule has 0 aliphatic heterocycles. The Morgan fingerprint density at radius 2 is 0.597 bits per heavy atom. The van der Waals surface area contributed by atoms with Crippen LogP contribution < -0.4 is 14.2 Å². The predicted octanol–water partition coefficient (Wildman–Crippen LogP) is 15.3. The van der Waals surface area contributed by atoms with E-state index in [4.69, 9.17) is 14.2 Å². The zero-order valence-corrected chi connectivity index (χ0v) is 36.2. The van der Waals surface area contributed by atoms with Gasteiger partial charge >= 0.3 is 0 Å². The monoisotopic (exact) mass is 810 g/mol. The lowest BCUT2D eigenvalue weighted by molar-refractivity contribution is 0.296. The Bertz CT molecular complexity index is 2370. The fourth-order valence-electron chi connectivity index (χ4n) is 6.79. The smallest absolute Gasteiger partial charge is 0.121 e. The van der Waals surface area contributed by atoms with Gasteiger partial charge in [0.25, 0.3) is 0 Å². The lowest BCUT2D eigenvalue weighted by Gasteiger charge is -2.14. The third-order valence-corrected chi connectivity index (χ3v) is 10.3. The molecule has 0 aliphatic rings. The summed E-state index contributed by atoms with van der Waals surface area (Å²) in [6.07, 6.45) is 18.8. The Morgan fingerprint density at radius 1 is 0.323 bits per heavy atom. The highest BCUT2D eigenvalue weighted by Crippen LogP contribution is 2.27. The van der Waals surface area contributed by atoms with Crippen molar-refractivity contribution in [2.45, 2.75) is 40.9 Å². The number of benzene rings is 7. The van der Waals surface area contributed by atoms with Gasteiger partial charge < -0.3 is 14.2 Å². The van der Waals surface area contributed by atoms with Gasteiger partial charge in [-0.3, -0.25) is 0 Å². The van der Waals surface area contributed by atoms with Crippen molar-refractivity contribution in [3.63, 3.8) is 0 Å². The van der Waals surface area contributed by atoms with Crippen LogP contribution in [0.1, 0.15) is 77.9 Å². The lowest BCUT2D eigenvalue weighted by Crippen LogP contribution is -2.02. The van der Waals surface area contributed by atoms with E-state index in [0.717, 1.165) is 72.9 Å². The van der Waals surface area contributed by atoms with Gasteiger partial charge in [0.2, 0.25) is 0 Å². The largest absolute Gasteiger partial charge is 0.490 e. The number of hydrogen-bond donors (Lipinski definition) is 0. The first kappa shape index (κ1) is 42.8. The third-order valence-electron chi connectivity index (χ3n) is 10.3. The van der Waals surface area contributed by atoms with Gasteiger partial charge in [0, 0.05) is 0 Å². The van der Waals surface area contributed by atoms with E-state index >= 15 is 0 Å². The Morgan fingerprint density at radius 3 is 0.887 bits per heavy atom. The summed E-state index contributed by atoms with van der Waals surface area (Å²) in [4.78, 5) is 0. The zero-order chi connectivity index (χ0) is 43.1. The molecule has 0 atom stereocenters. The van der Waals surface area contributed by atoms with Gasteiger partial charge in [0.05, 0.1) is 0 Å². The molecular weight excluding hydrogens is 757 g/mol. The van der Waals surface area contributed by atoms with Crippen molar-refractivity contribution in [1.29, 1.82) is 0 Å². The molecule has 0 spiro atoms. The van der Waals surface area contributed by atoms with Gasteiger partial charge in [-0.2, -0.15) is 0 Å². The molecule has 0 radical (unpaired) electrons. The highest BCUT2D eigenvalue weighted by atomic mass is 16.5. The van der Waals surface area contributed by atoms with Gasteiger partial charge in [-0.25, -0.2) is 0 Å². The average molecular weight is 811 g/mol. The second-order valence-corrected chi connectivity index (χ2v) is 15.8. The van der Waals surface area contributed by atoms with Gasteiger partial charge in [0.1, 0.15) is 37.1 Å². The van der Waals surface area contributed by atoms with Gasteiger partial charge in [-0.1, -0.05) is 181 Å². The number of rotatable bonds is 17. The maximum Gasteiger partial charge on any atom is 0.121 e. The standard InChI is InChI=1S/C59H54O3/c1-6-31-60-57-39-55(41-61-58-35-51(27-23-47-15-7-43(2)8-16-47)32-52(36-58)28-24-48-17-9-44(3)10-18-48)34-56(40-57)42-62-59-37-53(29-25-49-19-11-45(4)12-20-49)33-54(38-59)30-26-50-21-13-46(5)14-22-50/h6-30,32-40H,1,31,41-42H2,2-5H3/b27-23+,28-24+,29-25+,30-26+. The van der Waals surface area contributed by atoms with Crippen LogP contribution in [-0.2, 0) is 13.2 Å². The van der Waals surface area contributed by atoms with Crippen LogP contribution in [0.2, 0.25) is 0 Å². The number of aryl methyl sites for hydroxylation is 4. The molecule has 0 saturated carbocycles. The summed E-state index contributed by atoms with van der Waals surface area (Å²) in [5.41, 5.74) is 15.7. The molecule has 7 rings (SSSR count). The van der Waals surface area contributed by atoms with Crippen molar-refractivity contribution in [2.24, 2.45) is 0 Å². The Kier molecular flexibility index (Phi) is 14.7. The molecule has 3 heteroatoms. The summed E-state index contributed by atoms with van der Waals surface area (Å²) < 4.78 is 19.2. The van der Waals surface area contributed by atoms with E-state index in [1.165, 1.54) is 22.3 Å². The van der Waals surface area contributed by atoms with Gasteiger partial charge in [-0.15, -0.1) is 0 Å². The zero-order valence-electron chi connectivity index (χ0n) is 36.2. The molecular formula is C59H54O3. The van der Waals surface area contributed by atoms with Gasteiger partial charge in [-0.05, 0) is 138 Å². The number of hydrogen-bond acceptors (Lipinski definition) is 3. The first-order valence-electron chi connectivity index (χ1n) is 21.1. The van der Waals surface area contributed by atoms with E-state index in [0.29, 0.717) is 19.8 Å². The van der Waals surface area contributed by atoms with Crippen LogP contribution in [0.3, 0.4) is 0 Å². The van der Waals surface area contributed by atoms with E-state index in [2.05, 4.69) is 222 Å². The van der Waals surface area contributed by atoms with Crippen LogP contribution in [0.15, 0.2) is 164 Å². The van der Waals surface area contributed by atoms with Gasteiger partial charge in [0.15, 0.2) is 0 Å². The summed E-state index contributed by atoms with van der Waals surface area (Å²) in [7, 11) is 0. The fourth-order valence-corrected chi connectivity index (χ4v) is 6.79. The second kappa shape index (κ2) is 21.2. The Balaban J connectivity index is 1.13. The molecule has 308 valence electrons. The summed E-state index contributed by atoms with van der Waals surface area (Å²) >= 11 is 0. The molecule has 3 nitrogen and oxygen atoms in total. The van der Waals surface area contributed by atoms with Crippen LogP contribution >= 0.6 is 0 Å². The van der Waals surface area contributed by atoms with E-state index < -0.39 is 0 Å². The van der Waals surface area contributed by atoms with E-state index in [1.807, 2.05) is 12.1 Å². The first-order chi connectivity index (χ1) is 30.2. The molecule has 0 unspecified atom stereocenters. The SMILES string of the molecule is C=CCOc1cc(COc2cc(/C=C/c3ccc(C)cc3)cc(/C=C/c3ccc(C)cc3)c2)cc(COc2cc(/C=C/c3ccc(C)cc3)cc(/C=C/c3ccc(C)cc3)c2)c1. The predicted molar refractivity (Wildman–Crippen MR) is 264 cm³/mol. The molecule has 0 amide bonds. The van der Waals surface area contributed by atoms with E-state index in [-0.39, 0.29) is 0 Å². The minimum Gasteiger partial charge on any atom is -0.490 e. The van der Waals surface area contributed by atoms with Crippen molar-refractivity contribution in [2.75, 3.05) is 6.61 Å². The molecule has 0 fully saturated rings. The normalized spacial score (nSPS) is 11.5. The average Bonchev–Trinajstić information content (AvgIpc) is 3.29. The summed E-state index contributed by atoms with van der Waals surface area (Å²) in [5.74, 6) is 2.28. The first-order valence-corrected chi connectivity index (χ1v) is 21.1.